The van der Waals surface area contributed by atoms with Gasteiger partial charge in [-0.15, -0.1) is 9.35 Å². The summed E-state index contributed by atoms with van der Waals surface area (Å²) < 4.78 is 65.3. The minimum Gasteiger partial charge on any atom is -0.386 e. The number of phosphoric acid groups is 3. The second-order valence-corrected chi connectivity index (χ2v) is 16.5. The average Bonchev–Trinajstić information content (AvgIpc) is 3.64. The molecule has 1 saturated heterocycles. The number of aromatic nitrogens is 4. The van der Waals surface area contributed by atoms with Gasteiger partial charge in [-0.2, -0.15) is 0 Å². The fraction of sp³-hybridized carbons (Fsp3) is 0.583. The van der Waals surface area contributed by atoms with Crippen LogP contribution >= 0.6 is 35.2 Å². The van der Waals surface area contributed by atoms with Crippen molar-refractivity contribution in [2.24, 2.45) is 5.41 Å². The Morgan fingerprint density at radius 3 is 2.40 bits per heavy atom. The zero-order valence-corrected chi connectivity index (χ0v) is 31.3. The van der Waals surface area contributed by atoms with Crippen molar-refractivity contribution in [2.45, 2.75) is 50.9 Å². The topological polar surface area (TPSA) is 373 Å². The Kier molecular flexibility index (Phi) is 15.8. The van der Waals surface area contributed by atoms with Gasteiger partial charge in [0.05, 0.1) is 19.5 Å². The number of nitrogens with two attached hydrogens (primary N) is 1. The van der Waals surface area contributed by atoms with Crippen LogP contribution in [0.5, 0.6) is 0 Å². The second-order valence-electron chi connectivity index (χ2n) is 11.5. The van der Waals surface area contributed by atoms with Crippen molar-refractivity contribution in [1.29, 1.82) is 0 Å². The minimum absolute atomic E-state index is 0.0313. The number of ether oxygens (including phenoxy) is 1. The number of imidazole rings is 1. The summed E-state index contributed by atoms with van der Waals surface area (Å²) >= 11 is 0.953. The van der Waals surface area contributed by atoms with Crippen LogP contribution in [0, 0.1) is 5.41 Å². The Labute approximate surface area is 304 Å². The lowest BCUT2D eigenvalue weighted by Gasteiger charge is -2.29. The smallest absolute Gasteiger partial charge is 0.386 e. The van der Waals surface area contributed by atoms with Crippen molar-refractivity contribution < 1.29 is 85.5 Å². The highest BCUT2D eigenvalue weighted by atomic mass is 32.2. The molecule has 2 aromatic rings. The molecule has 1 fully saturated rings. The number of thioether (sulfide) groups is 1. The summed E-state index contributed by atoms with van der Waals surface area (Å²) in [5, 5.41) is 25.9. The van der Waals surface area contributed by atoms with Crippen LogP contribution in [0.25, 0.3) is 11.2 Å². The highest BCUT2D eigenvalue weighted by Crippen LogP contribution is 2.54. The molecular weight excluding hydrogens is 799 g/mol. The molecule has 7 atom stereocenters. The molecule has 1 aliphatic heterocycles. The summed E-state index contributed by atoms with van der Waals surface area (Å²) in [6, 6.07) is 0. The maximum Gasteiger partial charge on any atom is 0.500 e. The lowest BCUT2D eigenvalue weighted by molar-refractivity contribution is -0.158. The van der Waals surface area contributed by atoms with Gasteiger partial charge in [0.1, 0.15) is 36.3 Å². The molecule has 1 aliphatic rings. The van der Waals surface area contributed by atoms with Crippen molar-refractivity contribution in [3.63, 3.8) is 0 Å². The number of aliphatic hydroxyl groups is 2. The number of nitrogens with one attached hydrogen (secondary N) is 2. The Hall–Kier alpha value is -2.74. The second kappa shape index (κ2) is 18.7. The standard InChI is InChI=1S/C24H38N7O18P3S/c1-4-15(33)53-8-7-26-14(32)5-6-27-22(36)19(35)24(2,3)10-45-52(42,43)49-48-51(40,41)44-9-13-18(47-50(37,38)39)17(34)23(46-13)31-12-30-16-20(25)28-11-29-21(16)31/h4,11-13,17-19,23,34-35H,1,5-10H2,2-3H3,(H,26,32)(H,27,36)(H,40,41)(H,42,43)(H2,25,28,29)(H2,37,38,39)/t13-,17-,18-,19-,23-/m1/s1. The van der Waals surface area contributed by atoms with Crippen LogP contribution < -0.4 is 16.4 Å². The lowest BCUT2D eigenvalue weighted by atomic mass is 9.87. The fourth-order valence-electron chi connectivity index (χ4n) is 4.29. The summed E-state index contributed by atoms with van der Waals surface area (Å²) in [7, 11) is -16.2. The van der Waals surface area contributed by atoms with Crippen molar-refractivity contribution in [3.05, 3.63) is 25.3 Å². The molecule has 10 N–H and O–H groups in total. The predicted molar refractivity (Wildman–Crippen MR) is 178 cm³/mol. The molecule has 29 heteroatoms. The van der Waals surface area contributed by atoms with E-state index in [0.29, 0.717) is 5.75 Å². The number of rotatable bonds is 21. The highest BCUT2D eigenvalue weighted by Gasteiger charge is 2.50. The van der Waals surface area contributed by atoms with E-state index in [1.54, 1.807) is 0 Å². The number of fused-ring (bicyclic) bond motifs is 1. The van der Waals surface area contributed by atoms with Gasteiger partial charge in [0.2, 0.25) is 16.9 Å². The number of carbonyl (C=O) groups excluding carboxylic acids is 3. The molecule has 298 valence electrons. The van der Waals surface area contributed by atoms with E-state index in [1.165, 1.54) is 13.8 Å². The number of amides is 2. The van der Waals surface area contributed by atoms with Crippen molar-refractivity contribution >= 4 is 69.1 Å². The Balaban J connectivity index is 1.50. The molecule has 0 bridgehead atoms. The van der Waals surface area contributed by atoms with Crippen LogP contribution in [0.3, 0.4) is 0 Å². The van der Waals surface area contributed by atoms with E-state index in [2.05, 4.69) is 50.6 Å². The van der Waals surface area contributed by atoms with E-state index < -0.39 is 84.6 Å². The number of nitrogen functional groups attached to an aromatic ring is 1. The maximum absolute atomic E-state index is 12.5. The first-order chi connectivity index (χ1) is 24.6. The van der Waals surface area contributed by atoms with Crippen LogP contribution in [0.15, 0.2) is 25.3 Å². The minimum atomic E-state index is -5.47. The number of anilines is 1. The SMILES string of the molecule is C=CC(=O)SCCNC(=O)CCNC(=O)[C@@H](O)C(C)(C)COP(=O)(O)OOP(=O)(O)OC[C@H]1O[C@@H](n2cnc3c(N)ncnc32)[C@H](O)[C@@H]1OP(=O)(O)O. The van der Waals surface area contributed by atoms with E-state index in [0.717, 1.165) is 35.1 Å². The summed E-state index contributed by atoms with van der Waals surface area (Å²) in [4.78, 5) is 85.9. The van der Waals surface area contributed by atoms with Crippen molar-refractivity contribution in [3.8, 4) is 0 Å². The zero-order chi connectivity index (χ0) is 39.8. The normalized spacial score (nSPS) is 22.1. The van der Waals surface area contributed by atoms with Gasteiger partial charge in [0.15, 0.2) is 17.7 Å². The van der Waals surface area contributed by atoms with E-state index in [1.807, 2.05) is 0 Å². The molecule has 0 aromatic carbocycles. The monoisotopic (exact) mass is 837 g/mol. The third-order valence-corrected chi connectivity index (χ3v) is 9.88. The van der Waals surface area contributed by atoms with Crippen LogP contribution in [0.1, 0.15) is 26.5 Å². The molecule has 0 saturated carbocycles. The third kappa shape index (κ3) is 13.5. The summed E-state index contributed by atoms with van der Waals surface area (Å²) in [5.41, 5.74) is 4.28. The van der Waals surface area contributed by atoms with Gasteiger partial charge in [0.25, 0.3) is 0 Å². The van der Waals surface area contributed by atoms with E-state index in [4.69, 9.17) is 15.0 Å². The van der Waals surface area contributed by atoms with Crippen molar-refractivity contribution in [1.82, 2.24) is 30.2 Å². The largest absolute Gasteiger partial charge is 0.500 e. The number of nitrogens with zero attached hydrogens (tertiary/aromatic N) is 4. The van der Waals surface area contributed by atoms with E-state index >= 15 is 0 Å². The Morgan fingerprint density at radius 2 is 1.75 bits per heavy atom. The molecule has 25 nitrogen and oxygen atoms in total. The first-order valence-corrected chi connectivity index (χ1v) is 20.4. The lowest BCUT2D eigenvalue weighted by Crippen LogP contribution is -2.46. The molecule has 3 rings (SSSR count). The predicted octanol–water partition coefficient (Wildman–Crippen LogP) is -1.22. The van der Waals surface area contributed by atoms with Gasteiger partial charge in [-0.05, 0) is 6.08 Å². The first-order valence-electron chi connectivity index (χ1n) is 14.9. The van der Waals surface area contributed by atoms with Crippen LogP contribution in [-0.4, -0.2) is 123 Å². The molecule has 2 amide bonds. The van der Waals surface area contributed by atoms with Crippen molar-refractivity contribution in [2.75, 3.05) is 37.8 Å². The first kappa shape index (κ1) is 44.7. The van der Waals surface area contributed by atoms with Crippen LogP contribution in [0.2, 0.25) is 0 Å². The molecular formula is C24H38N7O18P3S. The summed E-state index contributed by atoms with van der Waals surface area (Å²) in [6.45, 7) is 3.85. The Bertz CT molecular complexity index is 1780. The number of hydrogen-bond donors (Lipinski definition) is 9. The maximum atomic E-state index is 12.5. The molecule has 3 heterocycles. The van der Waals surface area contributed by atoms with Gasteiger partial charge in [0, 0.05) is 30.7 Å². The van der Waals surface area contributed by atoms with Crippen LogP contribution in [-0.2, 0) is 55.7 Å². The quantitative estimate of drug-likeness (QED) is 0.0234. The molecule has 0 aliphatic carbocycles. The third-order valence-electron chi connectivity index (χ3n) is 6.93. The number of aliphatic hydroxyl groups excluding tert-OH is 2. The Morgan fingerprint density at radius 1 is 1.09 bits per heavy atom. The molecule has 0 spiro atoms. The molecule has 0 radical (unpaired) electrons. The number of phosphoric ester groups is 3. The molecule has 2 aromatic heterocycles. The average molecular weight is 838 g/mol. The summed E-state index contributed by atoms with van der Waals surface area (Å²) in [5.74, 6) is -1.16. The summed E-state index contributed by atoms with van der Waals surface area (Å²) in [6.07, 6.45) is -5.72. The molecule has 2 unspecified atom stereocenters. The van der Waals surface area contributed by atoms with E-state index in [-0.39, 0.29) is 41.6 Å². The van der Waals surface area contributed by atoms with Gasteiger partial charge in [-0.3, -0.25) is 32.5 Å². The highest BCUT2D eigenvalue weighted by molar-refractivity contribution is 8.14. The zero-order valence-electron chi connectivity index (χ0n) is 27.8. The van der Waals surface area contributed by atoms with E-state index in [9.17, 15) is 57.9 Å². The van der Waals surface area contributed by atoms with Gasteiger partial charge >= 0.3 is 23.5 Å². The van der Waals surface area contributed by atoms with Gasteiger partial charge < -0.3 is 50.9 Å². The number of carbonyl (C=O) groups is 3. The van der Waals surface area contributed by atoms with Crippen LogP contribution in [0.4, 0.5) is 5.82 Å². The number of hydrogen-bond acceptors (Lipinski definition) is 19. The molecule has 53 heavy (non-hydrogen) atoms. The van der Waals surface area contributed by atoms with Gasteiger partial charge in [-0.25, -0.2) is 28.6 Å². The van der Waals surface area contributed by atoms with Gasteiger partial charge in [-0.1, -0.05) is 32.2 Å². The fourth-order valence-corrected chi connectivity index (χ4v) is 6.98.